The SMILES string of the molecule is CC(C)[C@@](C)(C#N)NC(=O)[C@H](C)OC(=O)c1cc(S(C)(=O)=O)ccc1Cl. The predicted octanol–water partition coefficient (Wildman–Crippen LogP) is 2.34. The number of hydrogen-bond donors (Lipinski definition) is 1. The smallest absolute Gasteiger partial charge is 0.340 e. The number of nitrogens with zero attached hydrogens (tertiary/aromatic N) is 1. The second kappa shape index (κ2) is 8.06. The molecule has 1 aromatic rings. The van der Waals surface area contributed by atoms with Gasteiger partial charge in [-0.2, -0.15) is 5.26 Å². The highest BCUT2D eigenvalue weighted by Gasteiger charge is 2.33. The lowest BCUT2D eigenvalue weighted by atomic mass is 9.90. The van der Waals surface area contributed by atoms with E-state index in [0.29, 0.717) is 0 Å². The van der Waals surface area contributed by atoms with Crippen molar-refractivity contribution in [2.75, 3.05) is 6.26 Å². The van der Waals surface area contributed by atoms with Crippen LogP contribution in [0.2, 0.25) is 5.02 Å². The fourth-order valence-corrected chi connectivity index (χ4v) is 2.67. The van der Waals surface area contributed by atoms with Gasteiger partial charge in [0, 0.05) is 6.26 Å². The van der Waals surface area contributed by atoms with Crippen molar-refractivity contribution in [3.8, 4) is 6.07 Å². The molecule has 0 heterocycles. The first-order valence-corrected chi connectivity index (χ1v) is 10.0. The summed E-state index contributed by atoms with van der Waals surface area (Å²) in [6, 6.07) is 5.66. The van der Waals surface area contributed by atoms with E-state index < -0.39 is 33.4 Å². The first kappa shape index (κ1) is 21.9. The Labute approximate surface area is 158 Å². The lowest BCUT2D eigenvalue weighted by Gasteiger charge is -2.28. The van der Waals surface area contributed by atoms with Gasteiger partial charge in [-0.15, -0.1) is 0 Å². The predicted molar refractivity (Wildman–Crippen MR) is 96.4 cm³/mol. The van der Waals surface area contributed by atoms with Gasteiger partial charge in [-0.05, 0) is 38.0 Å². The van der Waals surface area contributed by atoms with Gasteiger partial charge in [0.1, 0.15) is 5.54 Å². The molecule has 0 saturated heterocycles. The van der Waals surface area contributed by atoms with Crippen LogP contribution in [0.15, 0.2) is 23.1 Å². The third-order valence-electron chi connectivity index (χ3n) is 4.01. The van der Waals surface area contributed by atoms with Gasteiger partial charge in [-0.1, -0.05) is 25.4 Å². The molecule has 0 aromatic heterocycles. The minimum Gasteiger partial charge on any atom is -0.449 e. The minimum atomic E-state index is -3.54. The Morgan fingerprint density at radius 2 is 1.88 bits per heavy atom. The molecule has 0 saturated carbocycles. The number of carbonyl (C=O) groups is 2. The molecule has 1 aromatic carbocycles. The monoisotopic (exact) mass is 400 g/mol. The van der Waals surface area contributed by atoms with Gasteiger partial charge in [-0.3, -0.25) is 4.79 Å². The van der Waals surface area contributed by atoms with Crippen LogP contribution < -0.4 is 5.32 Å². The molecule has 0 aliphatic heterocycles. The number of esters is 1. The molecule has 0 unspecified atom stereocenters. The highest BCUT2D eigenvalue weighted by molar-refractivity contribution is 7.90. The van der Waals surface area contributed by atoms with Crippen LogP contribution >= 0.6 is 11.6 Å². The van der Waals surface area contributed by atoms with E-state index in [1.807, 2.05) is 6.07 Å². The van der Waals surface area contributed by atoms with Crippen LogP contribution in [0.4, 0.5) is 0 Å². The van der Waals surface area contributed by atoms with E-state index in [2.05, 4.69) is 5.32 Å². The molecule has 26 heavy (non-hydrogen) atoms. The number of halogens is 1. The molecule has 1 amide bonds. The molecule has 1 rings (SSSR count). The maximum absolute atomic E-state index is 12.3. The number of amides is 1. The van der Waals surface area contributed by atoms with E-state index >= 15 is 0 Å². The number of nitrogens with one attached hydrogen (secondary N) is 1. The maximum Gasteiger partial charge on any atom is 0.340 e. The second-order valence-electron chi connectivity index (χ2n) is 6.42. The first-order chi connectivity index (χ1) is 11.8. The van der Waals surface area contributed by atoms with Crippen molar-refractivity contribution in [2.24, 2.45) is 5.92 Å². The average Bonchev–Trinajstić information content (AvgIpc) is 2.53. The molecule has 9 heteroatoms. The summed E-state index contributed by atoms with van der Waals surface area (Å²) in [6.07, 6.45) is -0.206. The summed E-state index contributed by atoms with van der Waals surface area (Å²) in [5, 5.41) is 11.8. The zero-order valence-electron chi connectivity index (χ0n) is 15.2. The Morgan fingerprint density at radius 3 is 2.35 bits per heavy atom. The van der Waals surface area contributed by atoms with Gasteiger partial charge in [0.05, 0.1) is 21.6 Å². The number of ether oxygens (including phenoxy) is 1. The molecule has 0 spiro atoms. The molecule has 2 atom stereocenters. The molecule has 7 nitrogen and oxygen atoms in total. The van der Waals surface area contributed by atoms with Gasteiger partial charge in [0.15, 0.2) is 15.9 Å². The van der Waals surface area contributed by atoms with Crippen molar-refractivity contribution in [2.45, 2.75) is 44.2 Å². The van der Waals surface area contributed by atoms with Crippen LogP contribution in [0, 0.1) is 17.2 Å². The van der Waals surface area contributed by atoms with Gasteiger partial charge < -0.3 is 10.1 Å². The molecular weight excluding hydrogens is 380 g/mol. The minimum absolute atomic E-state index is 0.000878. The molecule has 142 valence electrons. The van der Waals surface area contributed by atoms with E-state index in [-0.39, 0.29) is 21.4 Å². The Kier molecular flexibility index (Phi) is 6.80. The number of carbonyl (C=O) groups excluding carboxylic acids is 2. The van der Waals surface area contributed by atoms with Gasteiger partial charge >= 0.3 is 5.97 Å². The zero-order chi connectivity index (χ0) is 20.3. The Bertz CT molecular complexity index is 860. The van der Waals surface area contributed by atoms with E-state index in [1.54, 1.807) is 20.8 Å². The molecule has 0 radical (unpaired) electrons. The fraction of sp³-hybridized carbons (Fsp3) is 0.471. The van der Waals surface area contributed by atoms with Crippen molar-refractivity contribution in [3.63, 3.8) is 0 Å². The van der Waals surface area contributed by atoms with Crippen molar-refractivity contribution in [1.82, 2.24) is 5.32 Å². The van der Waals surface area contributed by atoms with E-state index in [4.69, 9.17) is 16.3 Å². The Hall–Kier alpha value is -2.11. The molecule has 0 aliphatic carbocycles. The van der Waals surface area contributed by atoms with Crippen LogP contribution in [-0.4, -0.2) is 38.2 Å². The van der Waals surface area contributed by atoms with Crippen molar-refractivity contribution in [1.29, 1.82) is 5.26 Å². The quantitative estimate of drug-likeness (QED) is 0.733. The van der Waals surface area contributed by atoms with Crippen LogP contribution in [0.1, 0.15) is 38.1 Å². The molecule has 1 N–H and O–H groups in total. The highest BCUT2D eigenvalue weighted by atomic mass is 35.5. The number of hydrogen-bond acceptors (Lipinski definition) is 6. The van der Waals surface area contributed by atoms with Crippen LogP contribution in [0.25, 0.3) is 0 Å². The standard InChI is InChI=1S/C17H21ClN2O5S/c1-10(2)17(4,9-19)20-15(21)11(3)25-16(22)13-8-12(26(5,23)24)6-7-14(13)18/h6-8,10-11H,1-5H3,(H,20,21)/t11-,17+/m0/s1. The number of rotatable bonds is 6. The summed E-state index contributed by atoms with van der Waals surface area (Å²) in [4.78, 5) is 24.4. The Balaban J connectivity index is 2.98. The van der Waals surface area contributed by atoms with Crippen LogP contribution in [0.3, 0.4) is 0 Å². The molecule has 0 bridgehead atoms. The van der Waals surface area contributed by atoms with E-state index in [1.165, 1.54) is 19.1 Å². The zero-order valence-corrected chi connectivity index (χ0v) is 16.7. The van der Waals surface area contributed by atoms with Gasteiger partial charge in [0.2, 0.25) is 0 Å². The highest BCUT2D eigenvalue weighted by Crippen LogP contribution is 2.22. The first-order valence-electron chi connectivity index (χ1n) is 7.75. The largest absolute Gasteiger partial charge is 0.449 e. The van der Waals surface area contributed by atoms with Gasteiger partial charge in [0.25, 0.3) is 5.91 Å². The third kappa shape index (κ3) is 5.19. The summed E-state index contributed by atoms with van der Waals surface area (Å²) < 4.78 is 28.3. The topological polar surface area (TPSA) is 113 Å². The summed E-state index contributed by atoms with van der Waals surface area (Å²) in [5.41, 5.74) is -1.29. The molecule has 0 aliphatic rings. The lowest BCUT2D eigenvalue weighted by Crippen LogP contribution is -2.52. The Morgan fingerprint density at radius 1 is 1.31 bits per heavy atom. The molecular formula is C17H21ClN2O5S. The number of nitriles is 1. The van der Waals surface area contributed by atoms with Crippen molar-refractivity contribution < 1.29 is 22.7 Å². The van der Waals surface area contributed by atoms with Crippen molar-refractivity contribution >= 4 is 33.3 Å². The van der Waals surface area contributed by atoms with Crippen molar-refractivity contribution in [3.05, 3.63) is 28.8 Å². The summed E-state index contributed by atoms with van der Waals surface area (Å²) >= 11 is 5.94. The summed E-state index contributed by atoms with van der Waals surface area (Å²) in [7, 11) is -3.54. The van der Waals surface area contributed by atoms with Crippen LogP contribution in [-0.2, 0) is 19.4 Å². The lowest BCUT2D eigenvalue weighted by molar-refractivity contribution is -0.130. The third-order valence-corrected chi connectivity index (χ3v) is 5.45. The summed E-state index contributed by atoms with van der Waals surface area (Å²) in [6.45, 7) is 6.46. The molecule has 0 fully saturated rings. The normalized spacial score (nSPS) is 14.8. The van der Waals surface area contributed by atoms with E-state index in [0.717, 1.165) is 12.3 Å². The average molecular weight is 401 g/mol. The van der Waals surface area contributed by atoms with E-state index in [9.17, 15) is 23.3 Å². The second-order valence-corrected chi connectivity index (χ2v) is 8.84. The number of sulfone groups is 1. The van der Waals surface area contributed by atoms with Crippen LogP contribution in [0.5, 0.6) is 0 Å². The summed E-state index contributed by atoms with van der Waals surface area (Å²) in [5.74, 6) is -1.75. The fourth-order valence-electron chi connectivity index (χ4n) is 1.83. The maximum atomic E-state index is 12.3. The van der Waals surface area contributed by atoms with Gasteiger partial charge in [-0.25, -0.2) is 13.2 Å². The number of benzene rings is 1.